The zero-order valence-electron chi connectivity index (χ0n) is 27.5. The van der Waals surface area contributed by atoms with Crippen LogP contribution in [0.15, 0.2) is 89.4 Å². The Bertz CT molecular complexity index is 1710. The first-order chi connectivity index (χ1) is 21.1. The van der Waals surface area contributed by atoms with Crippen LogP contribution in [0.5, 0.6) is 0 Å². The second kappa shape index (κ2) is 16.1. The summed E-state index contributed by atoms with van der Waals surface area (Å²) in [5.74, 6) is 1.36. The molecule has 0 unspecified atom stereocenters. The number of allylic oxidation sites excluding steroid dienone is 2. The molecule has 0 amide bonds. The molecule has 2 aromatic carbocycles. The topological polar surface area (TPSA) is 76.2 Å². The van der Waals surface area contributed by atoms with Crippen molar-refractivity contribution in [3.05, 3.63) is 96.7 Å². The van der Waals surface area contributed by atoms with Gasteiger partial charge in [-0.25, -0.2) is 0 Å². The summed E-state index contributed by atoms with van der Waals surface area (Å²) in [5.41, 5.74) is 4.97. The van der Waals surface area contributed by atoms with Crippen LogP contribution in [0.1, 0.15) is 79.7 Å². The van der Waals surface area contributed by atoms with E-state index in [0.717, 1.165) is 64.6 Å². The number of furan rings is 1. The molecule has 0 fully saturated rings. The van der Waals surface area contributed by atoms with Gasteiger partial charge in [0.2, 0.25) is 0 Å². The smallest absolute Gasteiger partial charge is 0.162 e. The maximum absolute atomic E-state index is 11.7. The van der Waals surface area contributed by atoms with Crippen molar-refractivity contribution in [3.63, 3.8) is 0 Å². The molecule has 0 saturated heterocycles. The van der Waals surface area contributed by atoms with Crippen LogP contribution >= 0.6 is 0 Å². The molecule has 0 saturated carbocycles. The number of hydrogen-bond donors (Lipinski definition) is 1. The Hall–Kier alpha value is -3.60. The van der Waals surface area contributed by atoms with E-state index in [0.29, 0.717) is 0 Å². The number of nitrogens with zero attached hydrogens (tertiary/aromatic N) is 2. The van der Waals surface area contributed by atoms with Gasteiger partial charge in [0, 0.05) is 67.1 Å². The molecule has 0 aliphatic rings. The molecule has 45 heavy (non-hydrogen) atoms. The first-order valence-corrected chi connectivity index (χ1v) is 15.8. The van der Waals surface area contributed by atoms with Crippen LogP contribution in [0, 0.1) is 17.9 Å². The number of pyridine rings is 2. The van der Waals surface area contributed by atoms with Crippen LogP contribution < -0.4 is 0 Å². The Kier molecular flexibility index (Phi) is 12.8. The summed E-state index contributed by atoms with van der Waals surface area (Å²) in [4.78, 5) is 20.5. The maximum Gasteiger partial charge on any atom is 0.162 e. The zero-order valence-corrected chi connectivity index (χ0v) is 29.9. The van der Waals surface area contributed by atoms with E-state index in [1.54, 1.807) is 12.4 Å². The van der Waals surface area contributed by atoms with Crippen molar-refractivity contribution < 1.29 is 34.4 Å². The average molecular weight is 782 g/mol. The largest absolute Gasteiger partial charge is 0.512 e. The predicted molar refractivity (Wildman–Crippen MR) is 182 cm³/mol. The van der Waals surface area contributed by atoms with Crippen molar-refractivity contribution in [2.24, 2.45) is 11.8 Å². The van der Waals surface area contributed by atoms with E-state index in [1.807, 2.05) is 52.1 Å². The van der Waals surface area contributed by atoms with Gasteiger partial charge in [-0.05, 0) is 49.3 Å². The summed E-state index contributed by atoms with van der Waals surface area (Å²) < 4.78 is 5.99. The molecule has 239 valence electrons. The van der Waals surface area contributed by atoms with Crippen molar-refractivity contribution in [1.82, 2.24) is 9.97 Å². The number of benzene rings is 2. The standard InChI is InChI=1S/C26H21N2O.C13H24O2.Ir/c1-26(2,3)22-13-20(12-17-6-4-5-7-21(17)22)23-14-18(9-11-28-23)24-15-19-8-10-27-16-25(19)29-24;1-5-10(6-2)12(14)9-13(15)11(7-3)8-4;/h4-11,13-16H,1-3H3;9-11,14H,5-8H2,1-4H3;/q-1;;/b;12-9-;. The summed E-state index contributed by atoms with van der Waals surface area (Å²) in [6.07, 6.45) is 10.3. The summed E-state index contributed by atoms with van der Waals surface area (Å²) >= 11 is 0. The monoisotopic (exact) mass is 782 g/mol. The van der Waals surface area contributed by atoms with E-state index in [-0.39, 0.29) is 48.9 Å². The van der Waals surface area contributed by atoms with E-state index in [9.17, 15) is 9.90 Å². The third kappa shape index (κ3) is 8.77. The van der Waals surface area contributed by atoms with Gasteiger partial charge in [0.15, 0.2) is 11.4 Å². The van der Waals surface area contributed by atoms with Gasteiger partial charge in [0.25, 0.3) is 0 Å². The number of aliphatic hydroxyl groups is 1. The van der Waals surface area contributed by atoms with Gasteiger partial charge < -0.3 is 9.52 Å². The fourth-order valence-corrected chi connectivity index (χ4v) is 5.53. The summed E-state index contributed by atoms with van der Waals surface area (Å²) in [5, 5.41) is 13.2. The Morgan fingerprint density at radius 1 is 0.933 bits per heavy atom. The second-order valence-electron chi connectivity index (χ2n) is 12.3. The van der Waals surface area contributed by atoms with E-state index < -0.39 is 0 Å². The van der Waals surface area contributed by atoms with Crippen molar-refractivity contribution in [1.29, 1.82) is 0 Å². The molecule has 0 bridgehead atoms. The molecule has 0 spiro atoms. The van der Waals surface area contributed by atoms with Crippen LogP contribution in [0.25, 0.3) is 44.3 Å². The average Bonchev–Trinajstić information content (AvgIpc) is 3.46. The zero-order chi connectivity index (χ0) is 31.9. The Morgan fingerprint density at radius 3 is 2.27 bits per heavy atom. The first kappa shape index (κ1) is 35.9. The number of ketones is 1. The molecular formula is C39H45IrN2O3-. The predicted octanol–water partition coefficient (Wildman–Crippen LogP) is 10.7. The number of fused-ring (bicyclic) bond motifs is 2. The van der Waals surface area contributed by atoms with Crippen molar-refractivity contribution in [3.8, 4) is 22.6 Å². The second-order valence-corrected chi connectivity index (χ2v) is 12.3. The van der Waals surface area contributed by atoms with E-state index >= 15 is 0 Å². The Balaban J connectivity index is 0.000000297. The first-order valence-electron chi connectivity index (χ1n) is 15.8. The van der Waals surface area contributed by atoms with Gasteiger partial charge in [0.1, 0.15) is 5.76 Å². The SMILES string of the molecule is CC(C)(C)c1cc(-c2cc(-c3cc4ccncc4o3)ccn2)[c-]c2ccccc12.CCC(CC)C(=O)/C=C(\O)C(CC)CC.[Ir]. The number of rotatable bonds is 9. The fraction of sp³-hybridized carbons (Fsp3) is 0.359. The number of carbonyl (C=O) groups excluding carboxylic acids is 1. The van der Waals surface area contributed by atoms with Crippen LogP contribution in [0.3, 0.4) is 0 Å². The van der Waals surface area contributed by atoms with Gasteiger partial charge in [-0.2, -0.15) is 0 Å². The molecule has 0 aliphatic heterocycles. The number of hydrogen-bond acceptors (Lipinski definition) is 5. The number of aromatic nitrogens is 2. The minimum atomic E-state index is 0. The molecule has 3 aromatic heterocycles. The molecule has 1 radical (unpaired) electrons. The van der Waals surface area contributed by atoms with Crippen LogP contribution in [0.2, 0.25) is 0 Å². The molecule has 1 N–H and O–H groups in total. The molecule has 0 atom stereocenters. The van der Waals surface area contributed by atoms with Gasteiger partial charge in [-0.15, -0.1) is 29.1 Å². The number of carbonyl (C=O) groups is 1. The van der Waals surface area contributed by atoms with Crippen LogP contribution in [-0.2, 0) is 30.3 Å². The summed E-state index contributed by atoms with van der Waals surface area (Å²) in [7, 11) is 0. The van der Waals surface area contributed by atoms with E-state index in [4.69, 9.17) is 4.42 Å². The quantitative estimate of drug-likeness (QED) is 0.0916. The minimum Gasteiger partial charge on any atom is -0.512 e. The van der Waals surface area contributed by atoms with Crippen LogP contribution in [0.4, 0.5) is 0 Å². The van der Waals surface area contributed by atoms with Gasteiger partial charge >= 0.3 is 0 Å². The summed E-state index contributed by atoms with van der Waals surface area (Å²) in [6, 6.07) is 22.2. The normalized spacial score (nSPS) is 11.9. The van der Waals surface area contributed by atoms with Gasteiger partial charge in [-0.3, -0.25) is 14.8 Å². The molecule has 3 heterocycles. The molecular weight excluding hydrogens is 737 g/mol. The molecule has 5 aromatic rings. The van der Waals surface area contributed by atoms with Crippen molar-refractivity contribution in [2.45, 2.75) is 79.6 Å². The third-order valence-corrected chi connectivity index (χ3v) is 8.31. The third-order valence-electron chi connectivity index (χ3n) is 8.31. The maximum atomic E-state index is 11.7. The minimum absolute atomic E-state index is 0. The van der Waals surface area contributed by atoms with E-state index in [1.165, 1.54) is 17.0 Å². The Morgan fingerprint density at radius 2 is 1.62 bits per heavy atom. The fourth-order valence-electron chi connectivity index (χ4n) is 5.53. The van der Waals surface area contributed by atoms with Crippen molar-refractivity contribution in [2.75, 3.05) is 0 Å². The Labute approximate surface area is 281 Å². The molecule has 5 nitrogen and oxygen atoms in total. The van der Waals surface area contributed by atoms with E-state index in [2.05, 4.69) is 73.2 Å². The van der Waals surface area contributed by atoms with Crippen molar-refractivity contribution >= 4 is 27.5 Å². The molecule has 6 heteroatoms. The summed E-state index contributed by atoms with van der Waals surface area (Å²) in [6.45, 7) is 14.8. The van der Waals surface area contributed by atoms with Crippen LogP contribution in [-0.4, -0.2) is 20.9 Å². The molecule has 0 aliphatic carbocycles. The van der Waals surface area contributed by atoms with Gasteiger partial charge in [0.05, 0.1) is 12.0 Å². The molecule has 5 rings (SSSR count). The van der Waals surface area contributed by atoms with Gasteiger partial charge in [-0.1, -0.05) is 83.7 Å². The number of aliphatic hydroxyl groups excluding tert-OH is 1.